The lowest BCUT2D eigenvalue weighted by Gasteiger charge is -2.27. The average molecular weight is 455 g/mol. The molecule has 2 amide bonds. The number of nitrogens with one attached hydrogen (secondary N) is 2. The minimum Gasteiger partial charge on any atom is -0.480 e. The van der Waals surface area contributed by atoms with Crippen LogP contribution in [0.15, 0.2) is 48.5 Å². The van der Waals surface area contributed by atoms with Gasteiger partial charge in [0.1, 0.15) is 18.7 Å². The molecular formula is C25H30N2O6. The summed E-state index contributed by atoms with van der Waals surface area (Å²) in [5.41, 5.74) is 4.02. The molecule has 0 bridgehead atoms. The normalized spacial score (nSPS) is 14.5. The van der Waals surface area contributed by atoms with Crippen LogP contribution < -0.4 is 10.6 Å². The summed E-state index contributed by atoms with van der Waals surface area (Å²) in [6.07, 6.45) is -0.516. The minimum atomic E-state index is -1.45. The summed E-state index contributed by atoms with van der Waals surface area (Å²) in [4.78, 5) is 36.5. The minimum absolute atomic E-state index is 0.0953. The van der Waals surface area contributed by atoms with Crippen molar-refractivity contribution in [1.82, 2.24) is 10.6 Å². The van der Waals surface area contributed by atoms with Crippen LogP contribution in [0.1, 0.15) is 44.2 Å². The first-order valence-electron chi connectivity index (χ1n) is 10.9. The zero-order valence-corrected chi connectivity index (χ0v) is 19.0. The zero-order valence-electron chi connectivity index (χ0n) is 19.0. The Morgan fingerprint density at radius 2 is 1.48 bits per heavy atom. The fourth-order valence-electron chi connectivity index (χ4n) is 4.06. The number of carboxylic acids is 1. The summed E-state index contributed by atoms with van der Waals surface area (Å²) in [5.74, 6) is -2.18. The van der Waals surface area contributed by atoms with Gasteiger partial charge in [0.25, 0.3) is 0 Å². The highest BCUT2D eigenvalue weighted by Gasteiger charge is 2.32. The first-order valence-corrected chi connectivity index (χ1v) is 10.9. The first kappa shape index (κ1) is 24.3. The maximum absolute atomic E-state index is 12.7. The molecule has 0 radical (unpaired) electrons. The molecular weight excluding hydrogens is 424 g/mol. The number of benzene rings is 2. The number of amides is 2. The van der Waals surface area contributed by atoms with Crippen LogP contribution in [0.3, 0.4) is 0 Å². The van der Waals surface area contributed by atoms with Gasteiger partial charge in [0.15, 0.2) is 0 Å². The molecule has 1 aliphatic rings. The number of rotatable bonds is 8. The molecule has 0 aliphatic heterocycles. The van der Waals surface area contributed by atoms with E-state index in [9.17, 15) is 19.5 Å². The SMILES string of the molecule is CC(C)(C)CC(NC(=O)OCC1c2ccccc2-c2ccccc21)C(=O)N[C@H](CO)C(=O)O. The molecule has 1 unspecified atom stereocenters. The fraction of sp³-hybridized carbons (Fsp3) is 0.400. The van der Waals surface area contributed by atoms with E-state index >= 15 is 0 Å². The van der Waals surface area contributed by atoms with Crippen LogP contribution >= 0.6 is 0 Å². The summed E-state index contributed by atoms with van der Waals surface area (Å²) >= 11 is 0. The number of aliphatic hydroxyl groups is 1. The largest absolute Gasteiger partial charge is 0.480 e. The van der Waals surface area contributed by atoms with Crippen LogP contribution in [-0.4, -0.2) is 53.5 Å². The third kappa shape index (κ3) is 5.90. The Morgan fingerprint density at radius 3 is 1.97 bits per heavy atom. The highest BCUT2D eigenvalue weighted by molar-refractivity contribution is 5.89. The van der Waals surface area contributed by atoms with E-state index in [-0.39, 0.29) is 24.4 Å². The van der Waals surface area contributed by atoms with Gasteiger partial charge in [-0.1, -0.05) is 69.3 Å². The Kier molecular flexibility index (Phi) is 7.38. The molecule has 8 nitrogen and oxygen atoms in total. The smallest absolute Gasteiger partial charge is 0.407 e. The molecule has 0 aromatic heterocycles. The molecule has 2 aromatic rings. The maximum Gasteiger partial charge on any atom is 0.407 e. The number of hydrogen-bond acceptors (Lipinski definition) is 5. The summed E-state index contributed by atoms with van der Waals surface area (Å²) in [6, 6.07) is 13.5. The topological polar surface area (TPSA) is 125 Å². The van der Waals surface area contributed by atoms with Crippen LogP contribution in [0.25, 0.3) is 11.1 Å². The molecule has 4 N–H and O–H groups in total. The summed E-state index contributed by atoms with van der Waals surface area (Å²) in [6.45, 7) is 5.03. The van der Waals surface area contributed by atoms with Gasteiger partial charge in [-0.25, -0.2) is 9.59 Å². The maximum atomic E-state index is 12.7. The van der Waals surface area contributed by atoms with Gasteiger partial charge in [0.05, 0.1) is 6.61 Å². The second kappa shape index (κ2) is 10.0. The van der Waals surface area contributed by atoms with Crippen molar-refractivity contribution in [3.05, 3.63) is 59.7 Å². The number of alkyl carbamates (subject to hydrolysis) is 1. The number of ether oxygens (including phenoxy) is 1. The van der Waals surface area contributed by atoms with E-state index in [2.05, 4.69) is 10.6 Å². The van der Waals surface area contributed by atoms with Gasteiger partial charge in [-0.15, -0.1) is 0 Å². The number of carbonyl (C=O) groups is 3. The molecule has 3 rings (SSSR count). The highest BCUT2D eigenvalue weighted by atomic mass is 16.5. The van der Waals surface area contributed by atoms with E-state index in [0.29, 0.717) is 0 Å². The van der Waals surface area contributed by atoms with Gasteiger partial charge in [-0.2, -0.15) is 0 Å². The molecule has 0 fully saturated rings. The summed E-state index contributed by atoms with van der Waals surface area (Å²) in [7, 11) is 0. The first-order chi connectivity index (χ1) is 15.6. The lowest BCUT2D eigenvalue weighted by Crippen LogP contribution is -2.53. The quantitative estimate of drug-likeness (QED) is 0.486. The van der Waals surface area contributed by atoms with E-state index in [1.165, 1.54) is 0 Å². The van der Waals surface area contributed by atoms with Gasteiger partial charge >= 0.3 is 12.1 Å². The van der Waals surface area contributed by atoms with Crippen LogP contribution in [0.4, 0.5) is 4.79 Å². The predicted molar refractivity (Wildman–Crippen MR) is 123 cm³/mol. The van der Waals surface area contributed by atoms with Gasteiger partial charge in [-0.05, 0) is 34.1 Å². The Bertz CT molecular complexity index is 984. The van der Waals surface area contributed by atoms with Gasteiger partial charge in [0, 0.05) is 5.92 Å². The van der Waals surface area contributed by atoms with Gasteiger partial charge < -0.3 is 25.6 Å². The Labute approximate surface area is 193 Å². The van der Waals surface area contributed by atoms with Crippen molar-refractivity contribution in [3.8, 4) is 11.1 Å². The lowest BCUT2D eigenvalue weighted by molar-refractivity contribution is -0.143. The number of carboxylic acid groups (broad SMARTS) is 1. The van der Waals surface area contributed by atoms with Gasteiger partial charge in [0.2, 0.25) is 5.91 Å². The standard InChI is InChI=1S/C25H30N2O6/c1-25(2,3)12-20(22(29)26-21(13-28)23(30)31)27-24(32)33-14-19-17-10-6-4-8-15(17)16-9-5-7-11-18(16)19/h4-11,19-21,28H,12-14H2,1-3H3,(H,26,29)(H,27,32)(H,30,31)/t20?,21-/m1/s1. The van der Waals surface area contributed by atoms with E-state index in [4.69, 9.17) is 9.84 Å². The average Bonchev–Trinajstić information content (AvgIpc) is 3.08. The number of aliphatic carboxylic acids is 1. The van der Waals surface area contributed by atoms with Crippen molar-refractivity contribution in [1.29, 1.82) is 0 Å². The second-order valence-electron chi connectivity index (χ2n) is 9.37. The van der Waals surface area contributed by atoms with E-state index in [0.717, 1.165) is 22.3 Å². The van der Waals surface area contributed by atoms with Crippen molar-refractivity contribution in [3.63, 3.8) is 0 Å². The fourth-order valence-corrected chi connectivity index (χ4v) is 4.06. The van der Waals surface area contributed by atoms with Crippen molar-refractivity contribution in [2.24, 2.45) is 5.41 Å². The zero-order chi connectivity index (χ0) is 24.2. The highest BCUT2D eigenvalue weighted by Crippen LogP contribution is 2.44. The van der Waals surface area contributed by atoms with Crippen LogP contribution in [0.5, 0.6) is 0 Å². The number of aliphatic hydroxyl groups excluding tert-OH is 1. The van der Waals surface area contributed by atoms with Crippen molar-refractivity contribution >= 4 is 18.0 Å². The molecule has 0 spiro atoms. The predicted octanol–water partition coefficient (Wildman–Crippen LogP) is 2.89. The molecule has 0 saturated heterocycles. The van der Waals surface area contributed by atoms with Crippen LogP contribution in [-0.2, 0) is 14.3 Å². The lowest BCUT2D eigenvalue weighted by atomic mass is 9.87. The summed E-state index contributed by atoms with van der Waals surface area (Å²) < 4.78 is 5.52. The summed E-state index contributed by atoms with van der Waals surface area (Å²) in [5, 5.41) is 23.1. The molecule has 0 saturated carbocycles. The van der Waals surface area contributed by atoms with E-state index in [1.54, 1.807) is 0 Å². The van der Waals surface area contributed by atoms with Crippen molar-refractivity contribution in [2.75, 3.05) is 13.2 Å². The second-order valence-corrected chi connectivity index (χ2v) is 9.37. The third-order valence-electron chi connectivity index (χ3n) is 5.57. The number of carbonyl (C=O) groups excluding carboxylic acids is 2. The number of fused-ring (bicyclic) bond motifs is 3. The van der Waals surface area contributed by atoms with Crippen molar-refractivity contribution in [2.45, 2.75) is 45.2 Å². The van der Waals surface area contributed by atoms with Crippen LogP contribution in [0, 0.1) is 5.41 Å². The van der Waals surface area contributed by atoms with Crippen molar-refractivity contribution < 1.29 is 29.3 Å². The third-order valence-corrected chi connectivity index (χ3v) is 5.57. The molecule has 8 heteroatoms. The molecule has 2 atom stereocenters. The van der Waals surface area contributed by atoms with Crippen LogP contribution in [0.2, 0.25) is 0 Å². The monoisotopic (exact) mass is 454 g/mol. The van der Waals surface area contributed by atoms with Gasteiger partial charge in [-0.3, -0.25) is 4.79 Å². The molecule has 2 aromatic carbocycles. The molecule has 176 valence electrons. The Morgan fingerprint density at radius 1 is 0.939 bits per heavy atom. The molecule has 33 heavy (non-hydrogen) atoms. The molecule has 1 aliphatic carbocycles. The van der Waals surface area contributed by atoms with E-state index in [1.807, 2.05) is 69.3 Å². The Balaban J connectivity index is 1.69. The molecule has 0 heterocycles. The van der Waals surface area contributed by atoms with E-state index < -0.39 is 36.7 Å². The number of hydrogen-bond donors (Lipinski definition) is 4. The Hall–Kier alpha value is -3.39.